The molecule has 0 saturated carbocycles. The molecule has 0 aliphatic heterocycles. The van der Waals surface area contributed by atoms with Crippen molar-refractivity contribution >= 4 is 37.8 Å². The van der Waals surface area contributed by atoms with E-state index in [-0.39, 0.29) is 5.56 Å². The second-order valence-corrected chi connectivity index (χ2v) is 5.64. The van der Waals surface area contributed by atoms with E-state index >= 15 is 0 Å². The molecule has 0 saturated heterocycles. The molecule has 0 atom stereocenters. The standard InChI is InChI=1S/C14H10Br2O3/c15-10-3-1-2-9(6-10)8-19-11-4-5-13(16)12(7-11)14(17)18/h1-7H,8H2,(H,17,18). The summed E-state index contributed by atoms with van der Waals surface area (Å²) in [6, 6.07) is 12.7. The van der Waals surface area contributed by atoms with Gasteiger partial charge in [-0.25, -0.2) is 4.79 Å². The summed E-state index contributed by atoms with van der Waals surface area (Å²) < 4.78 is 7.11. The zero-order chi connectivity index (χ0) is 13.8. The smallest absolute Gasteiger partial charge is 0.336 e. The van der Waals surface area contributed by atoms with Crippen LogP contribution in [0.25, 0.3) is 0 Å². The van der Waals surface area contributed by atoms with E-state index in [0.29, 0.717) is 16.8 Å². The van der Waals surface area contributed by atoms with Gasteiger partial charge in [0.05, 0.1) is 5.56 Å². The molecule has 0 aliphatic carbocycles. The maximum atomic E-state index is 11.0. The maximum absolute atomic E-state index is 11.0. The fourth-order valence-corrected chi connectivity index (χ4v) is 2.41. The molecular formula is C14H10Br2O3. The van der Waals surface area contributed by atoms with Crippen molar-refractivity contribution in [2.75, 3.05) is 0 Å². The highest BCUT2D eigenvalue weighted by molar-refractivity contribution is 9.10. The van der Waals surface area contributed by atoms with Crippen LogP contribution in [0, 0.1) is 0 Å². The van der Waals surface area contributed by atoms with Crippen LogP contribution in [0.4, 0.5) is 0 Å². The van der Waals surface area contributed by atoms with Gasteiger partial charge in [0.25, 0.3) is 0 Å². The van der Waals surface area contributed by atoms with Gasteiger partial charge in [-0.2, -0.15) is 0 Å². The van der Waals surface area contributed by atoms with Crippen LogP contribution in [-0.2, 0) is 6.61 Å². The molecule has 98 valence electrons. The van der Waals surface area contributed by atoms with E-state index < -0.39 is 5.97 Å². The summed E-state index contributed by atoms with van der Waals surface area (Å²) in [5.41, 5.74) is 1.20. The van der Waals surface area contributed by atoms with Crippen LogP contribution in [0.1, 0.15) is 15.9 Å². The van der Waals surface area contributed by atoms with E-state index in [1.165, 1.54) is 6.07 Å². The molecule has 0 fully saturated rings. The van der Waals surface area contributed by atoms with E-state index in [9.17, 15) is 4.79 Å². The molecule has 2 aromatic carbocycles. The minimum atomic E-state index is -0.986. The fourth-order valence-electron chi connectivity index (χ4n) is 1.55. The quantitative estimate of drug-likeness (QED) is 0.843. The molecule has 0 spiro atoms. The van der Waals surface area contributed by atoms with Gasteiger partial charge in [-0.3, -0.25) is 0 Å². The van der Waals surface area contributed by atoms with Gasteiger partial charge in [-0.15, -0.1) is 0 Å². The Morgan fingerprint density at radius 2 is 1.95 bits per heavy atom. The van der Waals surface area contributed by atoms with Gasteiger partial charge < -0.3 is 9.84 Å². The first-order valence-electron chi connectivity index (χ1n) is 5.46. The number of halogens is 2. The van der Waals surface area contributed by atoms with E-state index in [2.05, 4.69) is 31.9 Å². The number of ether oxygens (including phenoxy) is 1. The average Bonchev–Trinajstić information content (AvgIpc) is 2.37. The number of hydrogen-bond donors (Lipinski definition) is 1. The van der Waals surface area contributed by atoms with Gasteiger partial charge in [-0.05, 0) is 51.8 Å². The highest BCUT2D eigenvalue weighted by atomic mass is 79.9. The summed E-state index contributed by atoms with van der Waals surface area (Å²) in [6.07, 6.45) is 0. The largest absolute Gasteiger partial charge is 0.489 e. The van der Waals surface area contributed by atoms with E-state index in [1.54, 1.807) is 12.1 Å². The molecule has 5 heteroatoms. The molecule has 0 bridgehead atoms. The Hall–Kier alpha value is -1.33. The molecule has 0 heterocycles. The van der Waals surface area contributed by atoms with Gasteiger partial charge in [0.15, 0.2) is 0 Å². The zero-order valence-electron chi connectivity index (χ0n) is 9.77. The summed E-state index contributed by atoms with van der Waals surface area (Å²) in [6.45, 7) is 0.389. The fraction of sp³-hybridized carbons (Fsp3) is 0.0714. The Bertz CT molecular complexity index is 611. The summed E-state index contributed by atoms with van der Waals surface area (Å²) >= 11 is 6.58. The topological polar surface area (TPSA) is 46.5 Å². The second kappa shape index (κ2) is 6.21. The zero-order valence-corrected chi connectivity index (χ0v) is 12.9. The van der Waals surface area contributed by atoms with Crippen LogP contribution in [0.3, 0.4) is 0 Å². The predicted molar refractivity (Wildman–Crippen MR) is 79.6 cm³/mol. The van der Waals surface area contributed by atoms with Gasteiger partial charge in [-0.1, -0.05) is 28.1 Å². The molecule has 19 heavy (non-hydrogen) atoms. The van der Waals surface area contributed by atoms with Crippen molar-refractivity contribution in [3.8, 4) is 5.75 Å². The molecular weight excluding hydrogens is 376 g/mol. The molecule has 3 nitrogen and oxygen atoms in total. The number of rotatable bonds is 4. The third kappa shape index (κ3) is 3.81. The van der Waals surface area contributed by atoms with Crippen LogP contribution < -0.4 is 4.74 Å². The lowest BCUT2D eigenvalue weighted by Gasteiger charge is -2.08. The Morgan fingerprint density at radius 1 is 1.16 bits per heavy atom. The summed E-state index contributed by atoms with van der Waals surface area (Å²) in [5.74, 6) is -0.458. The predicted octanol–water partition coefficient (Wildman–Crippen LogP) is 4.49. The Balaban J connectivity index is 2.12. The summed E-state index contributed by atoms with van der Waals surface area (Å²) in [5, 5.41) is 9.02. The molecule has 1 N–H and O–H groups in total. The lowest BCUT2D eigenvalue weighted by Crippen LogP contribution is -2.00. The van der Waals surface area contributed by atoms with Crippen LogP contribution in [-0.4, -0.2) is 11.1 Å². The van der Waals surface area contributed by atoms with E-state index in [0.717, 1.165) is 10.0 Å². The second-order valence-electron chi connectivity index (χ2n) is 3.87. The van der Waals surface area contributed by atoms with Crippen LogP contribution >= 0.6 is 31.9 Å². The van der Waals surface area contributed by atoms with Crippen LogP contribution in [0.5, 0.6) is 5.75 Å². The number of benzene rings is 2. The Morgan fingerprint density at radius 3 is 2.63 bits per heavy atom. The average molecular weight is 386 g/mol. The monoisotopic (exact) mass is 384 g/mol. The lowest BCUT2D eigenvalue weighted by molar-refractivity contribution is 0.0695. The van der Waals surface area contributed by atoms with Crippen LogP contribution in [0.15, 0.2) is 51.4 Å². The Kier molecular flexibility index (Phi) is 4.61. The highest BCUT2D eigenvalue weighted by Gasteiger charge is 2.09. The van der Waals surface area contributed by atoms with Gasteiger partial charge in [0.2, 0.25) is 0 Å². The number of carboxylic acid groups (broad SMARTS) is 1. The maximum Gasteiger partial charge on any atom is 0.336 e. The van der Waals surface area contributed by atoms with Crippen molar-refractivity contribution in [2.24, 2.45) is 0 Å². The first kappa shape index (κ1) is 14.1. The number of hydrogen-bond acceptors (Lipinski definition) is 2. The number of aromatic carboxylic acids is 1. The molecule has 0 amide bonds. The first-order chi connectivity index (χ1) is 9.06. The molecule has 0 aliphatic rings. The number of carboxylic acids is 1. The summed E-state index contributed by atoms with van der Waals surface area (Å²) in [7, 11) is 0. The van der Waals surface area contributed by atoms with Gasteiger partial charge in [0.1, 0.15) is 12.4 Å². The molecule has 2 rings (SSSR count). The van der Waals surface area contributed by atoms with Crippen molar-refractivity contribution in [2.45, 2.75) is 6.61 Å². The Labute approximate surface area is 127 Å². The summed E-state index contributed by atoms with van der Waals surface area (Å²) in [4.78, 5) is 11.0. The first-order valence-corrected chi connectivity index (χ1v) is 7.05. The molecule has 0 unspecified atom stereocenters. The van der Waals surface area contributed by atoms with Crippen molar-refractivity contribution < 1.29 is 14.6 Å². The van der Waals surface area contributed by atoms with Crippen molar-refractivity contribution in [1.82, 2.24) is 0 Å². The third-order valence-electron chi connectivity index (χ3n) is 2.46. The molecule has 0 aromatic heterocycles. The molecule has 0 radical (unpaired) electrons. The highest BCUT2D eigenvalue weighted by Crippen LogP contribution is 2.23. The minimum Gasteiger partial charge on any atom is -0.489 e. The lowest BCUT2D eigenvalue weighted by atomic mass is 10.2. The minimum absolute atomic E-state index is 0.187. The SMILES string of the molecule is O=C(O)c1cc(OCc2cccc(Br)c2)ccc1Br. The number of carbonyl (C=O) groups is 1. The van der Waals surface area contributed by atoms with Crippen LogP contribution in [0.2, 0.25) is 0 Å². The van der Waals surface area contributed by atoms with Crippen molar-refractivity contribution in [1.29, 1.82) is 0 Å². The van der Waals surface area contributed by atoms with Gasteiger partial charge >= 0.3 is 5.97 Å². The van der Waals surface area contributed by atoms with E-state index in [1.807, 2.05) is 24.3 Å². The van der Waals surface area contributed by atoms with Crippen molar-refractivity contribution in [3.05, 3.63) is 62.5 Å². The normalized spacial score (nSPS) is 10.2. The molecule has 2 aromatic rings. The third-order valence-corrected chi connectivity index (χ3v) is 3.65. The van der Waals surface area contributed by atoms with E-state index in [4.69, 9.17) is 9.84 Å². The van der Waals surface area contributed by atoms with Crippen molar-refractivity contribution in [3.63, 3.8) is 0 Å². The van der Waals surface area contributed by atoms with Gasteiger partial charge in [0, 0.05) is 8.95 Å².